The van der Waals surface area contributed by atoms with E-state index in [2.05, 4.69) is 9.46 Å². The van der Waals surface area contributed by atoms with Crippen LogP contribution in [-0.4, -0.2) is 34.1 Å². The van der Waals surface area contributed by atoms with Crippen molar-refractivity contribution in [3.05, 3.63) is 28.8 Å². The summed E-state index contributed by atoms with van der Waals surface area (Å²) in [6.07, 6.45) is 3.74. The largest absolute Gasteiger partial charge is 0.465 e. The maximum absolute atomic E-state index is 12.5. The van der Waals surface area contributed by atoms with Gasteiger partial charge in [0.25, 0.3) is 0 Å². The Labute approximate surface area is 141 Å². The van der Waals surface area contributed by atoms with Crippen molar-refractivity contribution >= 4 is 27.6 Å². The molecule has 1 aliphatic carbocycles. The van der Waals surface area contributed by atoms with Crippen LogP contribution in [0.2, 0.25) is 5.02 Å². The van der Waals surface area contributed by atoms with Gasteiger partial charge in [-0.1, -0.05) is 24.4 Å². The molecule has 3 N–H and O–H groups in total. The molecule has 0 heterocycles. The van der Waals surface area contributed by atoms with Gasteiger partial charge in [0, 0.05) is 6.04 Å². The van der Waals surface area contributed by atoms with Gasteiger partial charge in [-0.3, -0.25) is 0 Å². The summed E-state index contributed by atoms with van der Waals surface area (Å²) in [7, 11) is -2.48. The molecule has 1 aromatic rings. The first-order valence-corrected chi connectivity index (χ1v) is 9.35. The minimum absolute atomic E-state index is 0.0245. The highest BCUT2D eigenvalue weighted by Gasteiger charge is 2.29. The van der Waals surface area contributed by atoms with Crippen molar-refractivity contribution in [3.63, 3.8) is 0 Å². The van der Waals surface area contributed by atoms with Crippen LogP contribution in [0.4, 0.5) is 0 Å². The van der Waals surface area contributed by atoms with Gasteiger partial charge >= 0.3 is 5.97 Å². The Hall–Kier alpha value is -1.15. The van der Waals surface area contributed by atoms with Crippen LogP contribution in [0.5, 0.6) is 0 Å². The molecule has 1 aromatic carbocycles. The third-order valence-corrected chi connectivity index (χ3v) is 5.97. The number of sulfonamides is 1. The Morgan fingerprint density at radius 3 is 2.70 bits per heavy atom. The topological polar surface area (TPSA) is 98.5 Å². The molecular weight excluding hydrogens is 340 g/mol. The van der Waals surface area contributed by atoms with E-state index in [-0.39, 0.29) is 27.4 Å². The number of ether oxygens (including phenoxy) is 1. The van der Waals surface area contributed by atoms with E-state index in [1.54, 1.807) is 0 Å². The maximum atomic E-state index is 12.5. The van der Waals surface area contributed by atoms with Crippen LogP contribution in [0.25, 0.3) is 0 Å². The van der Waals surface area contributed by atoms with Crippen molar-refractivity contribution in [3.8, 4) is 0 Å². The summed E-state index contributed by atoms with van der Waals surface area (Å²) < 4.78 is 32.4. The Morgan fingerprint density at radius 1 is 1.39 bits per heavy atom. The summed E-state index contributed by atoms with van der Waals surface area (Å²) in [5, 5.41) is 0.0405. The predicted molar refractivity (Wildman–Crippen MR) is 87.9 cm³/mol. The number of methoxy groups -OCH3 is 1. The Morgan fingerprint density at radius 2 is 2.09 bits per heavy atom. The molecule has 2 rings (SSSR count). The molecule has 1 saturated carbocycles. The van der Waals surface area contributed by atoms with E-state index in [9.17, 15) is 13.2 Å². The summed E-state index contributed by atoms with van der Waals surface area (Å²) in [6.45, 7) is 0.454. The zero-order valence-corrected chi connectivity index (χ0v) is 14.5. The lowest BCUT2D eigenvalue weighted by Crippen LogP contribution is -2.44. The van der Waals surface area contributed by atoms with Crippen LogP contribution >= 0.6 is 11.6 Å². The lowest BCUT2D eigenvalue weighted by Gasteiger charge is -2.31. The monoisotopic (exact) mass is 360 g/mol. The van der Waals surface area contributed by atoms with Crippen LogP contribution in [0.1, 0.15) is 36.0 Å². The second-order valence-corrected chi connectivity index (χ2v) is 7.76. The molecule has 2 atom stereocenters. The van der Waals surface area contributed by atoms with Crippen molar-refractivity contribution in [2.75, 3.05) is 13.7 Å². The van der Waals surface area contributed by atoms with E-state index < -0.39 is 16.0 Å². The van der Waals surface area contributed by atoms with Gasteiger partial charge in [-0.2, -0.15) is 0 Å². The molecule has 1 fully saturated rings. The maximum Gasteiger partial charge on any atom is 0.339 e. The quantitative estimate of drug-likeness (QED) is 0.781. The van der Waals surface area contributed by atoms with Crippen LogP contribution in [-0.2, 0) is 14.8 Å². The number of rotatable bonds is 5. The van der Waals surface area contributed by atoms with E-state index in [4.69, 9.17) is 17.3 Å². The molecule has 23 heavy (non-hydrogen) atoms. The molecule has 0 spiro atoms. The van der Waals surface area contributed by atoms with E-state index in [0.717, 1.165) is 25.7 Å². The molecule has 0 bridgehead atoms. The minimum Gasteiger partial charge on any atom is -0.465 e. The Kier molecular flexibility index (Phi) is 6.02. The summed E-state index contributed by atoms with van der Waals surface area (Å²) in [5.41, 5.74) is 5.87. The highest BCUT2D eigenvalue weighted by molar-refractivity contribution is 7.89. The lowest BCUT2D eigenvalue weighted by atomic mass is 9.85. The number of carbonyl (C=O) groups excluding carboxylic acids is 1. The van der Waals surface area contributed by atoms with Crippen LogP contribution in [0.3, 0.4) is 0 Å². The van der Waals surface area contributed by atoms with E-state index >= 15 is 0 Å². The van der Waals surface area contributed by atoms with Gasteiger partial charge < -0.3 is 10.5 Å². The molecule has 0 saturated heterocycles. The average Bonchev–Trinajstić information content (AvgIpc) is 2.54. The fourth-order valence-corrected chi connectivity index (χ4v) is 4.54. The van der Waals surface area contributed by atoms with Crippen LogP contribution in [0.15, 0.2) is 23.1 Å². The zero-order chi connectivity index (χ0) is 17.0. The molecule has 0 aliphatic heterocycles. The number of hydrogen-bond acceptors (Lipinski definition) is 5. The van der Waals surface area contributed by atoms with E-state index in [1.807, 2.05) is 0 Å². The van der Waals surface area contributed by atoms with E-state index in [1.165, 1.54) is 25.3 Å². The molecule has 0 radical (unpaired) electrons. The van der Waals surface area contributed by atoms with Crippen LogP contribution in [0, 0.1) is 5.92 Å². The number of carbonyl (C=O) groups is 1. The second kappa shape index (κ2) is 7.61. The van der Waals surface area contributed by atoms with Crippen molar-refractivity contribution in [2.24, 2.45) is 11.7 Å². The van der Waals surface area contributed by atoms with Crippen molar-refractivity contribution in [1.29, 1.82) is 0 Å². The number of esters is 1. The van der Waals surface area contributed by atoms with Gasteiger partial charge in [-0.25, -0.2) is 17.9 Å². The zero-order valence-electron chi connectivity index (χ0n) is 12.9. The number of nitrogens with one attached hydrogen (secondary N) is 1. The molecule has 0 amide bonds. The van der Waals surface area contributed by atoms with Gasteiger partial charge in [0.05, 0.1) is 22.6 Å². The van der Waals surface area contributed by atoms with Gasteiger partial charge in [0.15, 0.2) is 0 Å². The SMILES string of the molecule is COC(=O)c1ccc(S(=O)(=O)N[C@H]2CCCC[C@H]2CN)cc1Cl. The van der Waals surface area contributed by atoms with Gasteiger partial charge in [-0.15, -0.1) is 0 Å². The normalized spacial score (nSPS) is 21.9. The first kappa shape index (κ1) is 18.2. The highest BCUT2D eigenvalue weighted by Crippen LogP contribution is 2.26. The van der Waals surface area contributed by atoms with E-state index in [0.29, 0.717) is 6.54 Å². The van der Waals surface area contributed by atoms with Gasteiger partial charge in [0.1, 0.15) is 0 Å². The van der Waals surface area contributed by atoms with Gasteiger partial charge in [0.2, 0.25) is 10.0 Å². The average molecular weight is 361 g/mol. The number of nitrogens with two attached hydrogens (primary N) is 1. The molecule has 0 aromatic heterocycles. The fourth-order valence-electron chi connectivity index (χ4n) is 2.85. The standard InChI is InChI=1S/C15H21ClN2O4S/c1-22-15(19)12-7-6-11(8-13(12)16)23(20,21)18-14-5-3-2-4-10(14)9-17/h6-8,10,14,18H,2-5,9,17H2,1H3/t10-,14-/m0/s1. The molecule has 128 valence electrons. The molecule has 8 heteroatoms. The molecular formula is C15H21ClN2O4S. The first-order chi connectivity index (χ1) is 10.9. The van der Waals surface area contributed by atoms with Crippen molar-refractivity contribution in [1.82, 2.24) is 4.72 Å². The minimum atomic E-state index is -3.72. The molecule has 0 unspecified atom stereocenters. The molecule has 1 aliphatic rings. The number of halogens is 1. The third-order valence-electron chi connectivity index (χ3n) is 4.17. The molecule has 6 nitrogen and oxygen atoms in total. The van der Waals surface area contributed by atoms with Gasteiger partial charge in [-0.05, 0) is 43.5 Å². The first-order valence-electron chi connectivity index (χ1n) is 7.49. The summed E-state index contributed by atoms with van der Waals surface area (Å²) in [4.78, 5) is 11.5. The smallest absolute Gasteiger partial charge is 0.339 e. The number of benzene rings is 1. The second-order valence-electron chi connectivity index (χ2n) is 5.64. The number of hydrogen-bond donors (Lipinski definition) is 2. The summed E-state index contributed by atoms with van der Waals surface area (Å²) >= 11 is 5.99. The Balaban J connectivity index is 2.22. The fraction of sp³-hybridized carbons (Fsp3) is 0.533. The predicted octanol–water partition coefficient (Wildman–Crippen LogP) is 1.92. The van der Waals surface area contributed by atoms with Crippen LogP contribution < -0.4 is 10.5 Å². The Bertz CT molecular complexity index is 678. The lowest BCUT2D eigenvalue weighted by molar-refractivity contribution is 0.0601. The summed E-state index contributed by atoms with van der Waals surface area (Å²) in [6, 6.07) is 3.79. The highest BCUT2D eigenvalue weighted by atomic mass is 35.5. The summed E-state index contributed by atoms with van der Waals surface area (Å²) in [5.74, 6) is -0.467. The van der Waals surface area contributed by atoms with Crippen molar-refractivity contribution < 1.29 is 17.9 Å². The third kappa shape index (κ3) is 4.23. The van der Waals surface area contributed by atoms with Crippen molar-refractivity contribution in [2.45, 2.75) is 36.6 Å².